The number of methoxy groups -OCH3 is 3. The van der Waals surface area contributed by atoms with Crippen molar-refractivity contribution in [2.45, 2.75) is 6.04 Å². The molecule has 1 unspecified atom stereocenters. The van der Waals surface area contributed by atoms with E-state index in [9.17, 15) is 0 Å². The predicted molar refractivity (Wildman–Crippen MR) is 76.4 cm³/mol. The van der Waals surface area contributed by atoms with Crippen LogP contribution in [0.2, 0.25) is 0 Å². The SMILES string of the molecule is COc1cc(OC)c(N(C)CC(N)CN)cc1OC. The summed E-state index contributed by atoms with van der Waals surface area (Å²) in [5, 5.41) is 0. The molecule has 6 heteroatoms. The second-order valence-electron chi connectivity index (χ2n) is 4.26. The van der Waals surface area contributed by atoms with Crippen LogP contribution in [0.1, 0.15) is 0 Å². The number of nitrogens with zero attached hydrogens (tertiary/aromatic N) is 1. The van der Waals surface area contributed by atoms with Crippen LogP contribution in [0.5, 0.6) is 17.2 Å². The molecule has 0 amide bonds. The first-order valence-electron chi connectivity index (χ1n) is 6.04. The van der Waals surface area contributed by atoms with E-state index in [0.717, 1.165) is 5.69 Å². The summed E-state index contributed by atoms with van der Waals surface area (Å²) < 4.78 is 15.9. The average Bonchev–Trinajstić information content (AvgIpc) is 2.45. The Balaban J connectivity index is 3.10. The van der Waals surface area contributed by atoms with Crippen LogP contribution in [0, 0.1) is 0 Å². The second-order valence-corrected chi connectivity index (χ2v) is 4.26. The monoisotopic (exact) mass is 269 g/mol. The zero-order valence-electron chi connectivity index (χ0n) is 12.0. The highest BCUT2D eigenvalue weighted by molar-refractivity contribution is 5.65. The first-order chi connectivity index (χ1) is 9.07. The highest BCUT2D eigenvalue weighted by Gasteiger charge is 2.16. The van der Waals surface area contributed by atoms with Crippen molar-refractivity contribution < 1.29 is 14.2 Å². The Morgan fingerprint density at radius 1 is 1.05 bits per heavy atom. The summed E-state index contributed by atoms with van der Waals surface area (Å²) in [6, 6.07) is 3.56. The summed E-state index contributed by atoms with van der Waals surface area (Å²) in [6.07, 6.45) is 0. The maximum atomic E-state index is 5.87. The third-order valence-corrected chi connectivity index (χ3v) is 2.91. The molecule has 1 aromatic rings. The minimum Gasteiger partial charge on any atom is -0.494 e. The number of rotatable bonds is 7. The minimum atomic E-state index is -0.0946. The van der Waals surface area contributed by atoms with Crippen molar-refractivity contribution in [3.63, 3.8) is 0 Å². The van der Waals surface area contributed by atoms with Gasteiger partial charge < -0.3 is 30.6 Å². The van der Waals surface area contributed by atoms with E-state index in [2.05, 4.69) is 0 Å². The van der Waals surface area contributed by atoms with Gasteiger partial charge in [0.25, 0.3) is 0 Å². The summed E-state index contributed by atoms with van der Waals surface area (Å²) in [5.41, 5.74) is 12.3. The van der Waals surface area contributed by atoms with E-state index in [-0.39, 0.29) is 6.04 Å². The molecule has 4 N–H and O–H groups in total. The van der Waals surface area contributed by atoms with E-state index < -0.39 is 0 Å². The van der Waals surface area contributed by atoms with Crippen LogP contribution in [-0.2, 0) is 0 Å². The lowest BCUT2D eigenvalue weighted by atomic mass is 10.2. The van der Waals surface area contributed by atoms with Gasteiger partial charge in [-0.1, -0.05) is 0 Å². The largest absolute Gasteiger partial charge is 0.494 e. The fourth-order valence-electron chi connectivity index (χ4n) is 1.84. The van der Waals surface area contributed by atoms with Gasteiger partial charge in [-0.15, -0.1) is 0 Å². The van der Waals surface area contributed by atoms with Crippen molar-refractivity contribution in [1.82, 2.24) is 0 Å². The first kappa shape index (κ1) is 15.4. The second kappa shape index (κ2) is 7.06. The van der Waals surface area contributed by atoms with Gasteiger partial charge in [-0.3, -0.25) is 0 Å². The van der Waals surface area contributed by atoms with Crippen molar-refractivity contribution in [3.05, 3.63) is 12.1 Å². The topological polar surface area (TPSA) is 83.0 Å². The molecule has 0 spiro atoms. The molecule has 0 aliphatic heterocycles. The molecule has 0 bridgehead atoms. The smallest absolute Gasteiger partial charge is 0.164 e. The van der Waals surface area contributed by atoms with Gasteiger partial charge >= 0.3 is 0 Å². The summed E-state index contributed by atoms with van der Waals surface area (Å²) in [6.45, 7) is 1.06. The molecular formula is C13H23N3O3. The molecule has 0 radical (unpaired) electrons. The van der Waals surface area contributed by atoms with Crippen LogP contribution in [0.15, 0.2) is 12.1 Å². The van der Waals surface area contributed by atoms with Gasteiger partial charge in [-0.2, -0.15) is 0 Å². The molecule has 0 heterocycles. The van der Waals surface area contributed by atoms with Crippen molar-refractivity contribution in [2.75, 3.05) is 46.4 Å². The number of hydrogen-bond acceptors (Lipinski definition) is 6. The van der Waals surface area contributed by atoms with Crippen molar-refractivity contribution >= 4 is 5.69 Å². The fraction of sp³-hybridized carbons (Fsp3) is 0.538. The predicted octanol–water partition coefficient (Wildman–Crippen LogP) is 0.435. The highest BCUT2D eigenvalue weighted by Crippen LogP contribution is 2.39. The third-order valence-electron chi connectivity index (χ3n) is 2.91. The molecule has 1 rings (SSSR count). The summed E-state index contributed by atoms with van der Waals surface area (Å²) in [5.74, 6) is 1.97. The van der Waals surface area contributed by atoms with E-state index in [1.54, 1.807) is 27.4 Å². The Kier molecular flexibility index (Phi) is 5.72. The summed E-state index contributed by atoms with van der Waals surface area (Å²) in [7, 11) is 6.73. The molecule has 0 aliphatic rings. The Bertz CT molecular complexity index is 412. The van der Waals surface area contributed by atoms with Gasteiger partial charge in [0.15, 0.2) is 11.5 Å². The molecule has 0 aliphatic carbocycles. The first-order valence-corrected chi connectivity index (χ1v) is 6.04. The molecular weight excluding hydrogens is 246 g/mol. The molecule has 0 aromatic heterocycles. The van der Waals surface area contributed by atoms with Crippen molar-refractivity contribution in [1.29, 1.82) is 0 Å². The fourth-order valence-corrected chi connectivity index (χ4v) is 1.84. The number of ether oxygens (including phenoxy) is 3. The van der Waals surface area contributed by atoms with E-state index in [0.29, 0.717) is 30.3 Å². The molecule has 1 aromatic carbocycles. The third kappa shape index (κ3) is 3.65. The number of anilines is 1. The lowest BCUT2D eigenvalue weighted by molar-refractivity contribution is 0.349. The molecule has 1 atom stereocenters. The van der Waals surface area contributed by atoms with Gasteiger partial charge in [-0.05, 0) is 0 Å². The molecule has 0 fully saturated rings. The van der Waals surface area contributed by atoms with Crippen LogP contribution < -0.4 is 30.6 Å². The highest BCUT2D eigenvalue weighted by atomic mass is 16.5. The zero-order valence-corrected chi connectivity index (χ0v) is 12.0. The molecule has 0 saturated heterocycles. The van der Waals surface area contributed by atoms with E-state index in [4.69, 9.17) is 25.7 Å². The van der Waals surface area contributed by atoms with Crippen LogP contribution in [0.3, 0.4) is 0 Å². The van der Waals surface area contributed by atoms with Gasteiger partial charge in [0.1, 0.15) is 5.75 Å². The number of benzene rings is 1. The standard InChI is InChI=1S/C13H23N3O3/c1-16(8-9(15)7-14)10-5-12(18-3)13(19-4)6-11(10)17-2/h5-6,9H,7-8,14-15H2,1-4H3. The quantitative estimate of drug-likeness (QED) is 0.747. The summed E-state index contributed by atoms with van der Waals surface area (Å²) >= 11 is 0. The Morgan fingerprint density at radius 3 is 2.05 bits per heavy atom. The number of hydrogen-bond donors (Lipinski definition) is 2. The normalized spacial score (nSPS) is 11.9. The Hall–Kier alpha value is -1.66. The summed E-state index contributed by atoms with van der Waals surface area (Å²) in [4.78, 5) is 1.98. The average molecular weight is 269 g/mol. The van der Waals surface area contributed by atoms with Crippen LogP contribution >= 0.6 is 0 Å². The number of likely N-dealkylation sites (N-methyl/N-ethyl adjacent to an activating group) is 1. The maximum Gasteiger partial charge on any atom is 0.164 e. The lowest BCUT2D eigenvalue weighted by Gasteiger charge is -2.25. The van der Waals surface area contributed by atoms with Gasteiger partial charge in [0.2, 0.25) is 0 Å². The maximum absolute atomic E-state index is 5.87. The molecule has 108 valence electrons. The van der Waals surface area contributed by atoms with E-state index in [1.165, 1.54) is 0 Å². The van der Waals surface area contributed by atoms with Crippen LogP contribution in [-0.4, -0.2) is 47.5 Å². The van der Waals surface area contributed by atoms with Crippen LogP contribution in [0.25, 0.3) is 0 Å². The molecule has 6 nitrogen and oxygen atoms in total. The van der Waals surface area contributed by atoms with E-state index in [1.807, 2.05) is 18.0 Å². The van der Waals surface area contributed by atoms with E-state index >= 15 is 0 Å². The minimum absolute atomic E-state index is 0.0946. The molecule has 0 saturated carbocycles. The van der Waals surface area contributed by atoms with Gasteiger partial charge in [0, 0.05) is 38.3 Å². The Morgan fingerprint density at radius 2 is 1.58 bits per heavy atom. The zero-order chi connectivity index (χ0) is 14.4. The molecule has 19 heavy (non-hydrogen) atoms. The van der Waals surface area contributed by atoms with Crippen LogP contribution in [0.4, 0.5) is 5.69 Å². The van der Waals surface area contributed by atoms with Gasteiger partial charge in [0.05, 0.1) is 27.0 Å². The van der Waals surface area contributed by atoms with Crippen molar-refractivity contribution in [3.8, 4) is 17.2 Å². The number of nitrogens with two attached hydrogens (primary N) is 2. The lowest BCUT2D eigenvalue weighted by Crippen LogP contribution is -2.40. The Labute approximate surface area is 114 Å². The van der Waals surface area contributed by atoms with Crippen molar-refractivity contribution in [2.24, 2.45) is 11.5 Å². The van der Waals surface area contributed by atoms with Gasteiger partial charge in [-0.25, -0.2) is 0 Å².